The molecule has 0 aliphatic heterocycles. The number of aromatic amines is 1. The third-order valence-corrected chi connectivity index (χ3v) is 3.85. The lowest BCUT2D eigenvalue weighted by Gasteiger charge is -2.10. The van der Waals surface area contributed by atoms with E-state index in [9.17, 15) is 0 Å². The van der Waals surface area contributed by atoms with Gasteiger partial charge < -0.3 is 19.8 Å². The van der Waals surface area contributed by atoms with Gasteiger partial charge in [-0.2, -0.15) is 5.10 Å². The zero-order valence-electron chi connectivity index (χ0n) is 15.5. The van der Waals surface area contributed by atoms with Crippen molar-refractivity contribution in [2.75, 3.05) is 20.2 Å². The second-order valence-electron chi connectivity index (χ2n) is 5.80. The van der Waals surface area contributed by atoms with Gasteiger partial charge in [-0.25, -0.2) is 9.98 Å². The quantitative estimate of drug-likeness (QED) is 0.417. The van der Waals surface area contributed by atoms with Crippen LogP contribution in [0.4, 0.5) is 0 Å². The molecular formula is C19H24N6O2. The molecule has 0 atom stereocenters. The van der Waals surface area contributed by atoms with Crippen molar-refractivity contribution >= 4 is 5.96 Å². The SMILES string of the molecule is CCNC(=NCc1ccc(OC)cc1)NCCc1nc(-c2ccco2)n[nH]1. The molecule has 0 spiro atoms. The molecule has 0 amide bonds. The Morgan fingerprint density at radius 3 is 2.78 bits per heavy atom. The monoisotopic (exact) mass is 368 g/mol. The van der Waals surface area contributed by atoms with Crippen LogP contribution in [0.15, 0.2) is 52.1 Å². The number of guanidine groups is 1. The van der Waals surface area contributed by atoms with Gasteiger partial charge in [-0.1, -0.05) is 12.1 Å². The Morgan fingerprint density at radius 2 is 2.07 bits per heavy atom. The van der Waals surface area contributed by atoms with E-state index in [4.69, 9.17) is 9.15 Å². The molecule has 8 heteroatoms. The minimum absolute atomic E-state index is 0.565. The van der Waals surface area contributed by atoms with E-state index in [0.717, 1.165) is 29.6 Å². The fraction of sp³-hybridized carbons (Fsp3) is 0.316. The van der Waals surface area contributed by atoms with Crippen LogP contribution in [0.2, 0.25) is 0 Å². The summed E-state index contributed by atoms with van der Waals surface area (Å²) < 4.78 is 10.5. The highest BCUT2D eigenvalue weighted by Crippen LogP contribution is 2.14. The molecule has 0 aliphatic carbocycles. The Balaban J connectivity index is 1.51. The van der Waals surface area contributed by atoms with Crippen LogP contribution in [0.5, 0.6) is 5.75 Å². The fourth-order valence-electron chi connectivity index (χ4n) is 2.47. The summed E-state index contributed by atoms with van der Waals surface area (Å²) in [4.78, 5) is 9.04. The Kier molecular flexibility index (Phi) is 6.45. The number of nitrogens with zero attached hydrogens (tertiary/aromatic N) is 3. The lowest BCUT2D eigenvalue weighted by molar-refractivity contribution is 0.414. The predicted molar refractivity (Wildman–Crippen MR) is 104 cm³/mol. The summed E-state index contributed by atoms with van der Waals surface area (Å²) in [5.74, 6) is 3.61. The van der Waals surface area contributed by atoms with Crippen LogP contribution in [0.25, 0.3) is 11.6 Å². The largest absolute Gasteiger partial charge is 0.497 e. The Hall–Kier alpha value is -3.29. The zero-order chi connectivity index (χ0) is 18.9. The third kappa shape index (κ3) is 5.34. The number of hydrogen-bond donors (Lipinski definition) is 3. The number of methoxy groups -OCH3 is 1. The highest BCUT2D eigenvalue weighted by atomic mass is 16.5. The molecule has 3 aromatic rings. The minimum atomic E-state index is 0.565. The first-order valence-corrected chi connectivity index (χ1v) is 8.88. The molecular weight excluding hydrogens is 344 g/mol. The van der Waals surface area contributed by atoms with Gasteiger partial charge in [0.25, 0.3) is 0 Å². The number of aromatic nitrogens is 3. The fourth-order valence-corrected chi connectivity index (χ4v) is 2.47. The lowest BCUT2D eigenvalue weighted by atomic mass is 10.2. The van der Waals surface area contributed by atoms with Crippen LogP contribution in [0.3, 0.4) is 0 Å². The highest BCUT2D eigenvalue weighted by Gasteiger charge is 2.08. The molecule has 2 heterocycles. The average molecular weight is 368 g/mol. The third-order valence-electron chi connectivity index (χ3n) is 3.85. The molecule has 0 radical (unpaired) electrons. The molecule has 3 N–H and O–H groups in total. The first-order chi connectivity index (χ1) is 13.3. The topological polar surface area (TPSA) is 100 Å². The van der Waals surface area contributed by atoms with Gasteiger partial charge in [0.05, 0.1) is 19.9 Å². The van der Waals surface area contributed by atoms with Gasteiger partial charge in [-0.3, -0.25) is 5.10 Å². The maximum atomic E-state index is 5.30. The van der Waals surface area contributed by atoms with E-state index in [2.05, 4.69) is 30.8 Å². The van der Waals surface area contributed by atoms with Gasteiger partial charge in [0.15, 0.2) is 11.7 Å². The molecule has 0 aliphatic rings. The highest BCUT2D eigenvalue weighted by molar-refractivity contribution is 5.79. The molecule has 0 saturated heterocycles. The number of H-pyrrole nitrogens is 1. The molecule has 0 fully saturated rings. The van der Waals surface area contributed by atoms with Crippen molar-refractivity contribution in [1.82, 2.24) is 25.8 Å². The Morgan fingerprint density at radius 1 is 1.22 bits per heavy atom. The molecule has 27 heavy (non-hydrogen) atoms. The second-order valence-corrected chi connectivity index (χ2v) is 5.80. The van der Waals surface area contributed by atoms with Gasteiger partial charge in [0, 0.05) is 19.5 Å². The standard InChI is InChI=1S/C19H24N6O2/c1-3-20-19(22-13-14-6-8-15(26-2)9-7-14)21-11-10-17-23-18(25-24-17)16-5-4-12-27-16/h4-9,12H,3,10-11,13H2,1-2H3,(H2,20,21,22)(H,23,24,25). The van der Waals surface area contributed by atoms with Gasteiger partial charge in [0.2, 0.25) is 5.82 Å². The molecule has 3 rings (SSSR count). The molecule has 0 saturated carbocycles. The molecule has 142 valence electrons. The molecule has 0 bridgehead atoms. The number of benzene rings is 1. The van der Waals surface area contributed by atoms with Gasteiger partial charge in [-0.15, -0.1) is 0 Å². The van der Waals surface area contributed by atoms with Crippen molar-refractivity contribution < 1.29 is 9.15 Å². The first kappa shape index (κ1) is 18.5. The normalized spacial score (nSPS) is 11.4. The number of rotatable bonds is 8. The van der Waals surface area contributed by atoms with E-state index in [1.54, 1.807) is 13.4 Å². The maximum Gasteiger partial charge on any atom is 0.216 e. The van der Waals surface area contributed by atoms with Crippen molar-refractivity contribution in [3.63, 3.8) is 0 Å². The summed E-state index contributed by atoms with van der Waals surface area (Å²) in [5.41, 5.74) is 1.12. The van der Waals surface area contributed by atoms with E-state index in [1.807, 2.05) is 43.3 Å². The predicted octanol–water partition coefficient (Wildman–Crippen LogP) is 2.37. The number of ether oxygens (including phenoxy) is 1. The lowest BCUT2D eigenvalue weighted by Crippen LogP contribution is -2.38. The zero-order valence-corrected chi connectivity index (χ0v) is 15.5. The summed E-state index contributed by atoms with van der Waals surface area (Å²) in [7, 11) is 1.66. The van der Waals surface area contributed by atoms with Crippen molar-refractivity contribution in [3.05, 3.63) is 54.0 Å². The van der Waals surface area contributed by atoms with Crippen LogP contribution in [-0.2, 0) is 13.0 Å². The van der Waals surface area contributed by atoms with E-state index in [0.29, 0.717) is 31.1 Å². The number of aliphatic imine (C=N–C) groups is 1. The van der Waals surface area contributed by atoms with Crippen molar-refractivity contribution in [2.24, 2.45) is 4.99 Å². The summed E-state index contributed by atoms with van der Waals surface area (Å²) >= 11 is 0. The van der Waals surface area contributed by atoms with Crippen LogP contribution in [0.1, 0.15) is 18.3 Å². The number of nitrogens with one attached hydrogen (secondary N) is 3. The van der Waals surface area contributed by atoms with Crippen LogP contribution in [0, 0.1) is 0 Å². The smallest absolute Gasteiger partial charge is 0.216 e. The molecule has 8 nitrogen and oxygen atoms in total. The minimum Gasteiger partial charge on any atom is -0.497 e. The van der Waals surface area contributed by atoms with Crippen LogP contribution >= 0.6 is 0 Å². The number of furan rings is 1. The summed E-state index contributed by atoms with van der Waals surface area (Å²) in [5, 5.41) is 13.7. The maximum absolute atomic E-state index is 5.30. The van der Waals surface area contributed by atoms with Gasteiger partial charge >= 0.3 is 0 Å². The molecule has 1 aromatic carbocycles. The molecule has 0 unspecified atom stereocenters. The van der Waals surface area contributed by atoms with Gasteiger partial charge in [-0.05, 0) is 36.8 Å². The number of hydrogen-bond acceptors (Lipinski definition) is 5. The van der Waals surface area contributed by atoms with E-state index >= 15 is 0 Å². The average Bonchev–Trinajstić information content (AvgIpc) is 3.38. The van der Waals surface area contributed by atoms with Crippen molar-refractivity contribution in [1.29, 1.82) is 0 Å². The van der Waals surface area contributed by atoms with Gasteiger partial charge in [0.1, 0.15) is 11.6 Å². The van der Waals surface area contributed by atoms with E-state index in [-0.39, 0.29) is 0 Å². The summed E-state index contributed by atoms with van der Waals surface area (Å²) in [6, 6.07) is 11.5. The Bertz CT molecular complexity index is 839. The molecule has 2 aromatic heterocycles. The Labute approximate surface area is 158 Å². The first-order valence-electron chi connectivity index (χ1n) is 8.88. The van der Waals surface area contributed by atoms with Crippen LogP contribution < -0.4 is 15.4 Å². The van der Waals surface area contributed by atoms with E-state index < -0.39 is 0 Å². The van der Waals surface area contributed by atoms with Crippen LogP contribution in [-0.4, -0.2) is 41.3 Å². The summed E-state index contributed by atoms with van der Waals surface area (Å²) in [6.45, 7) is 4.10. The van der Waals surface area contributed by atoms with Crippen molar-refractivity contribution in [2.45, 2.75) is 19.9 Å². The second kappa shape index (κ2) is 9.42. The van der Waals surface area contributed by atoms with E-state index in [1.165, 1.54) is 0 Å². The van der Waals surface area contributed by atoms with Crippen molar-refractivity contribution in [3.8, 4) is 17.3 Å². The summed E-state index contributed by atoms with van der Waals surface area (Å²) in [6.07, 6.45) is 2.30.